The average molecular weight is 898 g/mol. The molecule has 14 nitrogen and oxygen atoms in total. The molecule has 0 radical (unpaired) electrons. The normalized spacial score (nSPS) is 37.5. The number of ketones is 2. The number of aromatic nitrogens is 3. The molecule has 3 saturated heterocycles. The lowest BCUT2D eigenvalue weighted by Gasteiger charge is -2.45. The number of esters is 1. The van der Waals surface area contributed by atoms with Gasteiger partial charge in [0.2, 0.25) is 0 Å². The highest BCUT2D eigenvalue weighted by atomic mass is 127. The molecule has 0 bridgehead atoms. The number of alkyl halides is 2. The minimum atomic E-state index is -3.11. The lowest BCUT2D eigenvalue weighted by atomic mass is 9.74. The number of fused-ring (bicyclic) bond motifs is 1. The zero-order valence-electron chi connectivity index (χ0n) is 33.8. The van der Waals surface area contributed by atoms with Gasteiger partial charge in [-0.15, -0.1) is 0 Å². The number of amides is 1. The van der Waals surface area contributed by atoms with Gasteiger partial charge in [0.25, 0.3) is 5.67 Å². The fourth-order valence-corrected chi connectivity index (χ4v) is 9.35. The molecule has 1 unspecified atom stereocenters. The number of halogens is 2. The molecule has 1 N–H and O–H groups in total. The molecule has 2 aromatic rings. The summed E-state index contributed by atoms with van der Waals surface area (Å²) in [4.78, 5) is 66.2. The van der Waals surface area contributed by atoms with E-state index < -0.39 is 75.0 Å². The lowest BCUT2D eigenvalue weighted by Crippen LogP contribution is -2.59. The maximum absolute atomic E-state index is 16.7. The highest BCUT2D eigenvalue weighted by molar-refractivity contribution is 14.1. The molecule has 3 aliphatic heterocycles. The van der Waals surface area contributed by atoms with Crippen LogP contribution in [0.3, 0.4) is 0 Å². The fourth-order valence-electron chi connectivity index (χ4n) is 8.62. The van der Waals surface area contributed by atoms with Crippen molar-refractivity contribution in [1.29, 1.82) is 0 Å². The summed E-state index contributed by atoms with van der Waals surface area (Å²) in [6, 6.07) is 2.95. The van der Waals surface area contributed by atoms with Gasteiger partial charge in [-0.05, 0) is 95.1 Å². The van der Waals surface area contributed by atoms with Crippen LogP contribution in [0, 0.1) is 17.8 Å². The van der Waals surface area contributed by atoms with Crippen molar-refractivity contribution in [3.05, 3.63) is 37.1 Å². The van der Waals surface area contributed by atoms with Crippen molar-refractivity contribution in [3.8, 4) is 11.3 Å². The summed E-state index contributed by atoms with van der Waals surface area (Å²) >= 11 is 1.79. The molecule has 5 heterocycles. The van der Waals surface area contributed by atoms with Crippen LogP contribution in [0.5, 0.6) is 0 Å². The van der Waals surface area contributed by atoms with Gasteiger partial charge in [0, 0.05) is 74.6 Å². The zero-order chi connectivity index (χ0) is 41.2. The number of nitrogens with zero attached hydrogens (tertiary/aromatic N) is 4. The van der Waals surface area contributed by atoms with Crippen LogP contribution in [0.4, 0.5) is 9.18 Å². The van der Waals surface area contributed by atoms with E-state index in [0.717, 1.165) is 24.6 Å². The number of carbonyl (C=O) groups is 4. The number of rotatable bonds is 10. The first-order valence-corrected chi connectivity index (χ1v) is 20.7. The first-order valence-electron chi connectivity index (χ1n) is 19.4. The summed E-state index contributed by atoms with van der Waals surface area (Å²) < 4.78 is 47.8. The van der Waals surface area contributed by atoms with Crippen molar-refractivity contribution in [2.24, 2.45) is 17.8 Å². The Hall–Kier alpha value is -3.06. The van der Waals surface area contributed by atoms with Crippen molar-refractivity contribution in [2.75, 3.05) is 20.7 Å². The number of hydrogen-bond acceptors (Lipinski definition) is 12. The van der Waals surface area contributed by atoms with Crippen molar-refractivity contribution in [3.63, 3.8) is 0 Å². The van der Waals surface area contributed by atoms with Gasteiger partial charge in [0.05, 0.1) is 35.9 Å². The van der Waals surface area contributed by atoms with Gasteiger partial charge in [0.1, 0.15) is 5.78 Å². The maximum atomic E-state index is 16.7. The van der Waals surface area contributed by atoms with Gasteiger partial charge in [0.15, 0.2) is 21.8 Å². The Bertz CT molecular complexity index is 1720. The summed E-state index contributed by atoms with van der Waals surface area (Å²) in [6.45, 7) is 11.9. The van der Waals surface area contributed by atoms with Gasteiger partial charge in [-0.25, -0.2) is 19.0 Å². The molecule has 0 aromatic carbocycles. The number of pyridine rings is 1. The topological polar surface area (TPSA) is 160 Å². The molecule has 16 heteroatoms. The van der Waals surface area contributed by atoms with E-state index >= 15 is 4.39 Å². The van der Waals surface area contributed by atoms with Crippen LogP contribution in [0.1, 0.15) is 80.6 Å². The van der Waals surface area contributed by atoms with E-state index in [2.05, 4.69) is 15.3 Å². The maximum Gasteiger partial charge on any atom is 0.410 e. The number of cyclic esters (lactones) is 1. The van der Waals surface area contributed by atoms with Crippen molar-refractivity contribution < 1.29 is 47.3 Å². The molecule has 3 fully saturated rings. The SMILES string of the molecule is CN[C@@H]1C[C@H](O[C@@H]2[C@@H](C)C(=O)[C@](C)(F)C(=O)O[C@H](I)[C@@]3(C)OC(=O)N(CCCCn4cnc(-c5cccnc5)c4)C3[C@@H](C)C(=O)[C@H](C)C[C@@]2(C)OC)O[C@H](C)C1. The molecule has 0 saturated carbocycles. The van der Waals surface area contributed by atoms with Crippen molar-refractivity contribution in [2.45, 2.75) is 139 Å². The fraction of sp³-hybridized carbons (Fsp3) is 0.700. The molecular formula is C40H57FIN5O9. The van der Waals surface area contributed by atoms with E-state index in [1.807, 2.05) is 36.9 Å². The number of ether oxygens (including phenoxy) is 5. The minimum Gasteiger partial charge on any atom is -0.445 e. The van der Waals surface area contributed by atoms with Crippen LogP contribution < -0.4 is 5.32 Å². The van der Waals surface area contributed by atoms with E-state index in [0.29, 0.717) is 25.8 Å². The number of aryl methyl sites for hydroxylation is 1. The third kappa shape index (κ3) is 9.13. The van der Waals surface area contributed by atoms with Gasteiger partial charge >= 0.3 is 12.1 Å². The highest BCUT2D eigenvalue weighted by Crippen LogP contribution is 2.44. The van der Waals surface area contributed by atoms with Gasteiger partial charge in [-0.2, -0.15) is 0 Å². The van der Waals surface area contributed by atoms with Crippen molar-refractivity contribution >= 4 is 46.2 Å². The van der Waals surface area contributed by atoms with E-state index in [-0.39, 0.29) is 30.9 Å². The van der Waals surface area contributed by atoms with Gasteiger partial charge in [-0.1, -0.05) is 20.8 Å². The summed E-state index contributed by atoms with van der Waals surface area (Å²) in [5.41, 5.74) is -4.31. The average Bonchev–Trinajstić information content (AvgIpc) is 3.75. The number of Topliss-reactive ketones (excluding diaryl/α,β-unsaturated/α-hetero) is 2. The largest absolute Gasteiger partial charge is 0.445 e. The van der Waals surface area contributed by atoms with Crippen LogP contribution >= 0.6 is 22.6 Å². The number of hydrogen-bond donors (Lipinski definition) is 1. The first kappa shape index (κ1) is 44.1. The molecule has 0 aliphatic carbocycles. The van der Waals surface area contributed by atoms with Crippen LogP contribution in [-0.2, 0) is 44.6 Å². The summed E-state index contributed by atoms with van der Waals surface area (Å²) in [6.07, 6.45) is 6.86. The Morgan fingerprint density at radius 3 is 2.43 bits per heavy atom. The van der Waals surface area contributed by atoms with E-state index in [9.17, 15) is 19.2 Å². The number of nitrogens with one attached hydrogen (secondary N) is 1. The summed E-state index contributed by atoms with van der Waals surface area (Å²) in [7, 11) is 3.30. The molecule has 2 aromatic heterocycles. The lowest BCUT2D eigenvalue weighted by molar-refractivity contribution is -0.259. The molecule has 5 rings (SSSR count). The molecule has 310 valence electrons. The molecule has 0 spiro atoms. The molecular weight excluding hydrogens is 840 g/mol. The Kier molecular flexibility index (Phi) is 14.0. The molecule has 12 atom stereocenters. The molecule has 1 amide bonds. The Morgan fingerprint density at radius 2 is 1.77 bits per heavy atom. The molecule has 56 heavy (non-hydrogen) atoms. The smallest absolute Gasteiger partial charge is 0.410 e. The standard InChI is InChI=1S/C40H57FIN5O9/c1-23-19-38(5,52-9)34(54-30-18-28(43-8)17-24(2)53-30)26(4)33(49)39(6,41)36(50)55-35(42)40(7)32(25(3)31(23)48)47(37(51)56-40)16-11-10-15-46-21-29(45-22-46)27-13-12-14-44-20-27/h12-14,20-26,28,30,32,34-35,43H,10-11,15-19H2,1-9H3/t23-,24-,25+,26+,28+,30+,32?,34-,35+,38-,39+,40+/m1/s1. The van der Waals surface area contributed by atoms with E-state index in [1.165, 1.54) is 18.9 Å². The summed E-state index contributed by atoms with van der Waals surface area (Å²) in [5, 5.41) is 3.26. The third-order valence-corrected chi connectivity index (χ3v) is 13.4. The Balaban J connectivity index is 1.42. The molecule has 3 aliphatic rings. The number of imidazole rings is 1. The van der Waals surface area contributed by atoms with Crippen molar-refractivity contribution in [1.82, 2.24) is 24.8 Å². The highest BCUT2D eigenvalue weighted by Gasteiger charge is 2.61. The Labute approximate surface area is 342 Å². The Morgan fingerprint density at radius 1 is 1.05 bits per heavy atom. The van der Waals surface area contributed by atoms with Crippen LogP contribution in [0.2, 0.25) is 0 Å². The second-order valence-corrected chi connectivity index (χ2v) is 17.3. The van der Waals surface area contributed by atoms with Crippen LogP contribution in [0.15, 0.2) is 37.1 Å². The zero-order valence-corrected chi connectivity index (χ0v) is 36.0. The predicted octanol–water partition coefficient (Wildman–Crippen LogP) is 5.69. The predicted molar refractivity (Wildman–Crippen MR) is 212 cm³/mol. The first-order chi connectivity index (χ1) is 26.4. The summed E-state index contributed by atoms with van der Waals surface area (Å²) in [5.74, 6) is -5.42. The second kappa shape index (κ2) is 17.8. The van der Waals surface area contributed by atoms with Crippen LogP contribution in [0.25, 0.3) is 11.3 Å². The van der Waals surface area contributed by atoms with Gasteiger partial charge < -0.3 is 38.5 Å². The monoisotopic (exact) mass is 897 g/mol. The van der Waals surface area contributed by atoms with E-state index in [4.69, 9.17) is 23.7 Å². The van der Waals surface area contributed by atoms with Gasteiger partial charge in [-0.3, -0.25) is 14.6 Å². The third-order valence-electron chi connectivity index (χ3n) is 11.9. The quantitative estimate of drug-likeness (QED) is 0.102. The van der Waals surface area contributed by atoms with Crippen LogP contribution in [-0.4, -0.2) is 115 Å². The van der Waals surface area contributed by atoms with E-state index in [1.54, 1.807) is 69.0 Å². The second-order valence-electron chi connectivity index (χ2n) is 16.2. The number of methoxy groups -OCH3 is 1. The minimum absolute atomic E-state index is 0.0650. The number of carbonyl (C=O) groups excluding carboxylic acids is 4. The number of unbranched alkanes of at least 4 members (excludes halogenated alkanes) is 1.